The van der Waals surface area contributed by atoms with E-state index in [1.54, 1.807) is 0 Å². The molecular formula is C18H39N2+. The Bertz CT molecular complexity index is 238. The topological polar surface area (TPSA) is 3.24 Å². The highest BCUT2D eigenvalue weighted by molar-refractivity contribution is 4.72. The molecule has 0 spiro atoms. The fourth-order valence-corrected chi connectivity index (χ4v) is 3.38. The van der Waals surface area contributed by atoms with E-state index in [4.69, 9.17) is 0 Å². The average molecular weight is 284 g/mol. The van der Waals surface area contributed by atoms with Crippen LogP contribution in [-0.4, -0.2) is 55.7 Å². The second-order valence-electron chi connectivity index (χ2n) is 7.37. The summed E-state index contributed by atoms with van der Waals surface area (Å²) < 4.78 is 1.25. The zero-order chi connectivity index (χ0) is 14.8. The molecule has 20 heavy (non-hydrogen) atoms. The normalized spacial score (nSPS) is 23.1. The molecule has 120 valence electrons. The number of nitrogens with zero attached hydrogens (tertiary/aromatic N) is 2. The Labute approximate surface area is 128 Å². The van der Waals surface area contributed by atoms with Gasteiger partial charge in [0.05, 0.1) is 27.2 Å². The lowest BCUT2D eigenvalue weighted by Crippen LogP contribution is -2.61. The van der Waals surface area contributed by atoms with E-state index >= 15 is 0 Å². The van der Waals surface area contributed by atoms with E-state index in [-0.39, 0.29) is 0 Å². The van der Waals surface area contributed by atoms with Gasteiger partial charge in [0.25, 0.3) is 0 Å². The fourth-order valence-electron chi connectivity index (χ4n) is 3.38. The van der Waals surface area contributed by atoms with Crippen LogP contribution in [0.3, 0.4) is 0 Å². The molecule has 1 aliphatic rings. The summed E-state index contributed by atoms with van der Waals surface area (Å²) >= 11 is 0. The van der Waals surface area contributed by atoms with Gasteiger partial charge in [-0.2, -0.15) is 0 Å². The van der Waals surface area contributed by atoms with Crippen molar-refractivity contribution in [3.63, 3.8) is 0 Å². The van der Waals surface area contributed by atoms with Gasteiger partial charge in [0.2, 0.25) is 0 Å². The van der Waals surface area contributed by atoms with Crippen LogP contribution in [0.5, 0.6) is 0 Å². The SMILES string of the molecule is CCCCCCCCC1CN(CCCC)CC[N+]1(C)C. The van der Waals surface area contributed by atoms with Crippen LogP contribution in [0.1, 0.15) is 71.6 Å². The third kappa shape index (κ3) is 6.58. The minimum atomic E-state index is 0.867. The molecule has 1 rings (SSSR count). The van der Waals surface area contributed by atoms with Gasteiger partial charge < -0.3 is 4.48 Å². The highest BCUT2D eigenvalue weighted by Gasteiger charge is 2.34. The number of hydrogen-bond acceptors (Lipinski definition) is 1. The maximum atomic E-state index is 2.72. The summed E-state index contributed by atoms with van der Waals surface area (Å²) in [5, 5.41) is 0. The molecule has 1 fully saturated rings. The smallest absolute Gasteiger partial charge is 0.101 e. The second-order valence-corrected chi connectivity index (χ2v) is 7.37. The van der Waals surface area contributed by atoms with Crippen LogP contribution < -0.4 is 0 Å². The number of likely N-dealkylation sites (N-methyl/N-ethyl adjacent to an activating group) is 1. The van der Waals surface area contributed by atoms with Gasteiger partial charge in [-0.05, 0) is 19.4 Å². The van der Waals surface area contributed by atoms with Crippen molar-refractivity contribution in [2.24, 2.45) is 0 Å². The van der Waals surface area contributed by atoms with E-state index in [0.717, 1.165) is 6.04 Å². The zero-order valence-corrected chi connectivity index (χ0v) is 14.7. The van der Waals surface area contributed by atoms with Gasteiger partial charge in [-0.3, -0.25) is 4.90 Å². The molecule has 0 amide bonds. The maximum Gasteiger partial charge on any atom is 0.101 e. The molecule has 0 saturated carbocycles. The van der Waals surface area contributed by atoms with Gasteiger partial charge in [0.1, 0.15) is 6.04 Å². The summed E-state index contributed by atoms with van der Waals surface area (Å²) in [6.07, 6.45) is 12.7. The van der Waals surface area contributed by atoms with E-state index in [1.165, 1.54) is 88.4 Å². The Hall–Kier alpha value is -0.0800. The van der Waals surface area contributed by atoms with E-state index in [9.17, 15) is 0 Å². The van der Waals surface area contributed by atoms with E-state index < -0.39 is 0 Å². The maximum absolute atomic E-state index is 2.72. The molecule has 1 unspecified atom stereocenters. The Kier molecular flexibility index (Phi) is 8.79. The highest BCUT2D eigenvalue weighted by Crippen LogP contribution is 2.21. The first kappa shape index (κ1) is 18.0. The predicted molar refractivity (Wildman–Crippen MR) is 90.1 cm³/mol. The van der Waals surface area contributed by atoms with Crippen molar-refractivity contribution in [3.8, 4) is 0 Å². The van der Waals surface area contributed by atoms with Crippen LogP contribution in [0.2, 0.25) is 0 Å². The van der Waals surface area contributed by atoms with Gasteiger partial charge in [-0.1, -0.05) is 52.4 Å². The third-order valence-electron chi connectivity index (χ3n) is 5.17. The Morgan fingerprint density at radius 2 is 1.55 bits per heavy atom. The van der Waals surface area contributed by atoms with Crippen molar-refractivity contribution in [1.82, 2.24) is 4.90 Å². The molecule has 0 N–H and O–H groups in total. The van der Waals surface area contributed by atoms with Crippen LogP contribution in [0, 0.1) is 0 Å². The van der Waals surface area contributed by atoms with Crippen molar-refractivity contribution < 1.29 is 4.48 Å². The van der Waals surface area contributed by atoms with Crippen LogP contribution in [0.25, 0.3) is 0 Å². The van der Waals surface area contributed by atoms with Crippen molar-refractivity contribution in [2.45, 2.75) is 77.7 Å². The molecule has 1 heterocycles. The Balaban J connectivity index is 2.24. The summed E-state index contributed by atoms with van der Waals surface area (Å²) in [6.45, 7) is 9.90. The van der Waals surface area contributed by atoms with E-state index in [0.29, 0.717) is 0 Å². The second kappa shape index (κ2) is 9.78. The molecule has 2 nitrogen and oxygen atoms in total. The number of piperazine rings is 1. The van der Waals surface area contributed by atoms with Crippen LogP contribution in [-0.2, 0) is 0 Å². The number of hydrogen-bond donors (Lipinski definition) is 0. The van der Waals surface area contributed by atoms with Crippen molar-refractivity contribution in [2.75, 3.05) is 40.3 Å². The molecule has 0 bridgehead atoms. The lowest BCUT2D eigenvalue weighted by atomic mass is 10.0. The molecule has 0 aliphatic carbocycles. The molecule has 0 aromatic carbocycles. The van der Waals surface area contributed by atoms with Gasteiger partial charge >= 0.3 is 0 Å². The van der Waals surface area contributed by atoms with Crippen molar-refractivity contribution in [1.29, 1.82) is 0 Å². The lowest BCUT2D eigenvalue weighted by Gasteiger charge is -2.46. The third-order valence-corrected chi connectivity index (χ3v) is 5.17. The molecule has 1 atom stereocenters. The van der Waals surface area contributed by atoms with E-state index in [2.05, 4.69) is 32.8 Å². The van der Waals surface area contributed by atoms with Crippen molar-refractivity contribution in [3.05, 3.63) is 0 Å². The first-order chi connectivity index (χ1) is 9.60. The monoisotopic (exact) mass is 283 g/mol. The number of rotatable bonds is 10. The minimum absolute atomic E-state index is 0.867. The number of quaternary nitrogens is 1. The average Bonchev–Trinajstić information content (AvgIpc) is 2.42. The summed E-state index contributed by atoms with van der Waals surface area (Å²) in [5.41, 5.74) is 0. The Morgan fingerprint density at radius 1 is 0.900 bits per heavy atom. The number of unbranched alkanes of at least 4 members (excludes halogenated alkanes) is 6. The quantitative estimate of drug-likeness (QED) is 0.427. The summed E-state index contributed by atoms with van der Waals surface area (Å²) in [5.74, 6) is 0. The van der Waals surface area contributed by atoms with Crippen LogP contribution in [0.4, 0.5) is 0 Å². The van der Waals surface area contributed by atoms with Crippen LogP contribution >= 0.6 is 0 Å². The summed E-state index contributed by atoms with van der Waals surface area (Å²) in [6, 6.07) is 0.867. The largest absolute Gasteiger partial charge is 0.324 e. The predicted octanol–water partition coefficient (Wildman–Crippen LogP) is 4.30. The van der Waals surface area contributed by atoms with Crippen molar-refractivity contribution >= 4 is 0 Å². The first-order valence-corrected chi connectivity index (χ1v) is 9.15. The molecule has 2 heteroatoms. The highest BCUT2D eigenvalue weighted by atomic mass is 15.4. The van der Waals surface area contributed by atoms with Gasteiger partial charge in [0.15, 0.2) is 0 Å². The molecule has 1 saturated heterocycles. The summed E-state index contributed by atoms with van der Waals surface area (Å²) in [4.78, 5) is 2.72. The standard InChI is InChI=1S/C18H39N2/c1-5-7-9-10-11-12-13-18-17-19(14-8-6-2)15-16-20(18,3)4/h18H,5-17H2,1-4H3/q+1. The lowest BCUT2D eigenvalue weighted by molar-refractivity contribution is -0.920. The van der Waals surface area contributed by atoms with Gasteiger partial charge in [-0.25, -0.2) is 0 Å². The van der Waals surface area contributed by atoms with Gasteiger partial charge in [0, 0.05) is 13.0 Å². The van der Waals surface area contributed by atoms with E-state index in [1.807, 2.05) is 0 Å². The zero-order valence-electron chi connectivity index (χ0n) is 14.7. The van der Waals surface area contributed by atoms with Crippen LogP contribution in [0.15, 0.2) is 0 Å². The summed E-state index contributed by atoms with van der Waals surface area (Å²) in [7, 11) is 4.89. The molecular weight excluding hydrogens is 244 g/mol. The molecule has 0 radical (unpaired) electrons. The Morgan fingerprint density at radius 3 is 2.25 bits per heavy atom. The first-order valence-electron chi connectivity index (χ1n) is 9.15. The molecule has 1 aliphatic heterocycles. The molecule has 0 aromatic rings. The minimum Gasteiger partial charge on any atom is -0.324 e. The molecule has 0 aromatic heterocycles. The fraction of sp³-hybridized carbons (Fsp3) is 1.00. The van der Waals surface area contributed by atoms with Gasteiger partial charge in [-0.15, -0.1) is 0 Å².